The molecular weight excluding hydrogens is 414 g/mol. The van der Waals surface area contributed by atoms with E-state index >= 15 is 0 Å². The van der Waals surface area contributed by atoms with Gasteiger partial charge in [0.1, 0.15) is 0 Å². The summed E-state index contributed by atoms with van der Waals surface area (Å²) in [5.41, 5.74) is 3.67. The van der Waals surface area contributed by atoms with Crippen LogP contribution >= 0.6 is 0 Å². The maximum absolute atomic E-state index is 12.6. The van der Waals surface area contributed by atoms with Crippen molar-refractivity contribution in [1.29, 1.82) is 0 Å². The van der Waals surface area contributed by atoms with Crippen molar-refractivity contribution in [3.8, 4) is 11.8 Å². The molecular formula is C27H25N3O3. The molecule has 2 N–H and O–H groups in total. The number of rotatable bonds is 5. The van der Waals surface area contributed by atoms with Crippen LogP contribution in [0.15, 0.2) is 78.9 Å². The average Bonchev–Trinajstić information content (AvgIpc) is 2.85. The predicted octanol–water partition coefficient (Wildman–Crippen LogP) is 3.61. The van der Waals surface area contributed by atoms with Gasteiger partial charge in [0.2, 0.25) is 5.91 Å². The Balaban J connectivity index is 1.29. The van der Waals surface area contributed by atoms with Crippen molar-refractivity contribution in [3.05, 3.63) is 95.6 Å². The molecule has 4 rings (SSSR count). The predicted molar refractivity (Wildman–Crippen MR) is 129 cm³/mol. The van der Waals surface area contributed by atoms with E-state index in [-0.39, 0.29) is 11.8 Å². The molecule has 0 unspecified atom stereocenters. The number of benzene rings is 3. The topological polar surface area (TPSA) is 70.7 Å². The average molecular weight is 440 g/mol. The molecule has 3 aromatic carbocycles. The fourth-order valence-corrected chi connectivity index (χ4v) is 3.37. The summed E-state index contributed by atoms with van der Waals surface area (Å²) in [5.74, 6) is 5.93. The van der Waals surface area contributed by atoms with Crippen LogP contribution in [0.3, 0.4) is 0 Å². The van der Waals surface area contributed by atoms with Crippen molar-refractivity contribution in [2.24, 2.45) is 0 Å². The Bertz CT molecular complexity index is 1140. The number of amides is 2. The van der Waals surface area contributed by atoms with Gasteiger partial charge < -0.3 is 15.4 Å². The molecule has 6 nitrogen and oxygen atoms in total. The highest BCUT2D eigenvalue weighted by molar-refractivity contribution is 6.04. The van der Waals surface area contributed by atoms with Gasteiger partial charge in [-0.05, 0) is 60.7 Å². The summed E-state index contributed by atoms with van der Waals surface area (Å²) >= 11 is 0. The molecule has 33 heavy (non-hydrogen) atoms. The second-order valence-corrected chi connectivity index (χ2v) is 7.66. The quantitative estimate of drug-likeness (QED) is 0.596. The zero-order chi connectivity index (χ0) is 22.9. The van der Waals surface area contributed by atoms with Crippen LogP contribution in [-0.2, 0) is 9.53 Å². The van der Waals surface area contributed by atoms with Gasteiger partial charge in [0.05, 0.1) is 19.8 Å². The Morgan fingerprint density at radius 1 is 0.758 bits per heavy atom. The van der Waals surface area contributed by atoms with E-state index in [0.717, 1.165) is 24.2 Å². The van der Waals surface area contributed by atoms with Crippen molar-refractivity contribution in [2.75, 3.05) is 43.5 Å². The Morgan fingerprint density at radius 2 is 1.33 bits per heavy atom. The Morgan fingerprint density at radius 3 is 1.97 bits per heavy atom. The lowest BCUT2D eigenvalue weighted by Gasteiger charge is -2.25. The smallest absolute Gasteiger partial charge is 0.255 e. The van der Waals surface area contributed by atoms with Gasteiger partial charge in [-0.1, -0.05) is 30.0 Å². The number of ether oxygens (including phenoxy) is 1. The molecule has 1 fully saturated rings. The maximum atomic E-state index is 12.6. The maximum Gasteiger partial charge on any atom is 0.255 e. The third kappa shape index (κ3) is 6.78. The van der Waals surface area contributed by atoms with E-state index < -0.39 is 0 Å². The minimum absolute atomic E-state index is 0.0656. The number of nitrogens with zero attached hydrogens (tertiary/aromatic N) is 1. The lowest BCUT2D eigenvalue weighted by atomic mass is 10.1. The van der Waals surface area contributed by atoms with Gasteiger partial charge in [-0.15, -0.1) is 0 Å². The number of carbonyl (C=O) groups is 2. The normalized spacial score (nSPS) is 13.5. The number of carbonyl (C=O) groups excluding carboxylic acids is 2. The number of hydrogen-bond donors (Lipinski definition) is 2. The van der Waals surface area contributed by atoms with Crippen LogP contribution in [0.2, 0.25) is 0 Å². The first-order valence-corrected chi connectivity index (χ1v) is 10.8. The molecule has 3 aromatic rings. The Hall–Kier alpha value is -3.92. The van der Waals surface area contributed by atoms with E-state index in [2.05, 4.69) is 27.4 Å². The summed E-state index contributed by atoms with van der Waals surface area (Å²) in [7, 11) is 0. The SMILES string of the molecule is O=C(CN1CCOCC1)Nc1ccc(NC(=O)c2ccc(C#Cc3ccccc3)cc2)cc1. The summed E-state index contributed by atoms with van der Waals surface area (Å²) in [6.45, 7) is 3.18. The summed E-state index contributed by atoms with van der Waals surface area (Å²) in [6.07, 6.45) is 0. The first-order chi connectivity index (χ1) is 16.2. The van der Waals surface area contributed by atoms with Crippen LogP contribution in [0, 0.1) is 11.8 Å². The van der Waals surface area contributed by atoms with Crippen LogP contribution in [0.1, 0.15) is 21.5 Å². The second kappa shape index (κ2) is 11.1. The minimum atomic E-state index is -0.207. The van der Waals surface area contributed by atoms with Gasteiger partial charge in [-0.25, -0.2) is 0 Å². The standard InChI is InChI=1S/C27H25N3O3/c31-26(20-30-16-18-33-19-17-30)28-24-12-14-25(15-13-24)29-27(32)23-10-8-22(9-11-23)7-6-21-4-2-1-3-5-21/h1-5,8-15H,16-20H2,(H,28,31)(H,29,32). The molecule has 0 aromatic heterocycles. The van der Waals surface area contributed by atoms with Crippen molar-refractivity contribution in [2.45, 2.75) is 0 Å². The van der Waals surface area contributed by atoms with Crippen molar-refractivity contribution in [3.63, 3.8) is 0 Å². The highest BCUT2D eigenvalue weighted by Gasteiger charge is 2.14. The lowest BCUT2D eigenvalue weighted by molar-refractivity contribution is -0.118. The van der Waals surface area contributed by atoms with Gasteiger partial charge in [-0.2, -0.15) is 0 Å². The monoisotopic (exact) mass is 439 g/mol. The van der Waals surface area contributed by atoms with E-state index in [1.807, 2.05) is 42.5 Å². The number of morpholine rings is 1. The molecule has 1 aliphatic rings. The molecule has 1 heterocycles. The largest absolute Gasteiger partial charge is 0.379 e. The summed E-state index contributed by atoms with van der Waals surface area (Å²) in [6, 6.07) is 24.0. The summed E-state index contributed by atoms with van der Waals surface area (Å²) in [4.78, 5) is 26.8. The van der Waals surface area contributed by atoms with Crippen LogP contribution in [0.4, 0.5) is 11.4 Å². The van der Waals surface area contributed by atoms with E-state index in [1.54, 1.807) is 36.4 Å². The number of anilines is 2. The first kappa shape index (κ1) is 22.3. The summed E-state index contributed by atoms with van der Waals surface area (Å²) < 4.78 is 5.30. The first-order valence-electron chi connectivity index (χ1n) is 10.8. The van der Waals surface area contributed by atoms with Crippen LogP contribution in [-0.4, -0.2) is 49.6 Å². The highest BCUT2D eigenvalue weighted by Crippen LogP contribution is 2.15. The molecule has 1 aliphatic heterocycles. The van der Waals surface area contributed by atoms with E-state index in [4.69, 9.17) is 4.74 Å². The number of nitrogens with one attached hydrogen (secondary N) is 2. The van der Waals surface area contributed by atoms with Crippen molar-refractivity contribution < 1.29 is 14.3 Å². The third-order valence-electron chi connectivity index (χ3n) is 5.17. The van der Waals surface area contributed by atoms with E-state index in [0.29, 0.717) is 36.7 Å². The minimum Gasteiger partial charge on any atom is -0.379 e. The van der Waals surface area contributed by atoms with E-state index in [1.165, 1.54) is 0 Å². The fraction of sp³-hybridized carbons (Fsp3) is 0.185. The molecule has 0 bridgehead atoms. The second-order valence-electron chi connectivity index (χ2n) is 7.66. The molecule has 6 heteroatoms. The van der Waals surface area contributed by atoms with Gasteiger partial charge >= 0.3 is 0 Å². The Kier molecular flexibility index (Phi) is 7.49. The molecule has 0 saturated carbocycles. The highest BCUT2D eigenvalue weighted by atomic mass is 16.5. The molecule has 0 atom stereocenters. The van der Waals surface area contributed by atoms with Crippen molar-refractivity contribution in [1.82, 2.24) is 4.90 Å². The summed E-state index contributed by atoms with van der Waals surface area (Å²) in [5, 5.41) is 5.76. The molecule has 0 spiro atoms. The zero-order valence-electron chi connectivity index (χ0n) is 18.2. The molecule has 0 radical (unpaired) electrons. The Labute approximate surface area is 193 Å². The van der Waals surface area contributed by atoms with Crippen LogP contribution in [0.5, 0.6) is 0 Å². The fourth-order valence-electron chi connectivity index (χ4n) is 3.37. The number of hydrogen-bond acceptors (Lipinski definition) is 4. The molecule has 2 amide bonds. The van der Waals surface area contributed by atoms with Crippen LogP contribution < -0.4 is 10.6 Å². The molecule has 1 saturated heterocycles. The van der Waals surface area contributed by atoms with Crippen molar-refractivity contribution >= 4 is 23.2 Å². The lowest BCUT2D eigenvalue weighted by Crippen LogP contribution is -2.41. The van der Waals surface area contributed by atoms with Crippen LogP contribution in [0.25, 0.3) is 0 Å². The van der Waals surface area contributed by atoms with Gasteiger partial charge in [0, 0.05) is 41.2 Å². The molecule has 0 aliphatic carbocycles. The van der Waals surface area contributed by atoms with E-state index in [9.17, 15) is 9.59 Å². The third-order valence-corrected chi connectivity index (χ3v) is 5.17. The molecule has 166 valence electrons. The van der Waals surface area contributed by atoms with Gasteiger partial charge in [-0.3, -0.25) is 14.5 Å². The van der Waals surface area contributed by atoms with Gasteiger partial charge in [0.25, 0.3) is 5.91 Å². The zero-order valence-corrected chi connectivity index (χ0v) is 18.2. The van der Waals surface area contributed by atoms with Gasteiger partial charge in [0.15, 0.2) is 0 Å².